The molecule has 0 spiro atoms. The van der Waals surface area contributed by atoms with Gasteiger partial charge < -0.3 is 14.6 Å². The minimum Gasteiger partial charge on any atom is -0.382 e. The van der Waals surface area contributed by atoms with E-state index >= 15 is 0 Å². The van der Waals surface area contributed by atoms with E-state index in [-0.39, 0.29) is 6.79 Å². The topological polar surface area (TPSA) is 72.8 Å². The molecule has 162 valence electrons. The van der Waals surface area contributed by atoms with E-state index in [1.54, 1.807) is 67.8 Å². The van der Waals surface area contributed by atoms with E-state index in [0.29, 0.717) is 15.9 Å². The van der Waals surface area contributed by atoms with Crippen LogP contribution in [-0.4, -0.2) is 40.6 Å². The van der Waals surface area contributed by atoms with E-state index in [1.807, 2.05) is 41.5 Å². The highest BCUT2D eigenvalue weighted by atomic mass is 32.2. The Morgan fingerprint density at radius 3 is 1.21 bits per heavy atom. The molecule has 0 atom stereocenters. The van der Waals surface area contributed by atoms with Crippen LogP contribution >= 0.6 is 0 Å². The Morgan fingerprint density at radius 1 is 0.786 bits per heavy atom. The summed E-state index contributed by atoms with van der Waals surface area (Å²) < 4.78 is 32.9. The number of hydrogen-bond acceptors (Lipinski definition) is 5. The number of benzene rings is 2. The summed E-state index contributed by atoms with van der Waals surface area (Å²) in [7, 11) is -0.209. The highest BCUT2D eigenvalue weighted by molar-refractivity contribution is 7.91. The first-order chi connectivity index (χ1) is 13.4. The zero-order valence-electron chi connectivity index (χ0n) is 18.5. The average molecular weight is 415 g/mol. The molecular formula is C22H38O5S. The van der Waals surface area contributed by atoms with Gasteiger partial charge in [-0.3, -0.25) is 0 Å². The Hall–Kier alpha value is -1.73. The third kappa shape index (κ3) is 15.3. The maximum Gasteiger partial charge on any atom is 0.206 e. The minimum atomic E-state index is -3.34. The summed E-state index contributed by atoms with van der Waals surface area (Å²) in [6, 6.07) is 16.9. The van der Waals surface area contributed by atoms with E-state index in [1.165, 1.54) is 7.11 Å². The molecule has 0 aliphatic rings. The van der Waals surface area contributed by atoms with Crippen LogP contribution in [-0.2, 0) is 19.3 Å². The Bertz CT molecular complexity index is 579. The molecule has 0 fully saturated rings. The lowest BCUT2D eigenvalue weighted by Crippen LogP contribution is -2.00. The molecule has 5 nitrogen and oxygen atoms in total. The zero-order valence-corrected chi connectivity index (χ0v) is 19.4. The minimum absolute atomic E-state index is 0.181. The van der Waals surface area contributed by atoms with Gasteiger partial charge in [-0.05, 0) is 38.1 Å². The number of sulfone groups is 1. The van der Waals surface area contributed by atoms with Gasteiger partial charge in [-0.2, -0.15) is 0 Å². The van der Waals surface area contributed by atoms with Gasteiger partial charge in [0.25, 0.3) is 0 Å². The molecule has 2 aromatic carbocycles. The summed E-state index contributed by atoms with van der Waals surface area (Å²) in [4.78, 5) is 0.660. The van der Waals surface area contributed by atoms with Crippen molar-refractivity contribution >= 4 is 9.84 Å². The van der Waals surface area contributed by atoms with Gasteiger partial charge >= 0.3 is 0 Å². The quantitative estimate of drug-likeness (QED) is 0.697. The van der Waals surface area contributed by atoms with Crippen LogP contribution in [0, 0.1) is 0 Å². The predicted octanol–water partition coefficient (Wildman–Crippen LogP) is 5.20. The lowest BCUT2D eigenvalue weighted by Gasteiger charge is -2.03. The second-order valence-electron chi connectivity index (χ2n) is 4.83. The van der Waals surface area contributed by atoms with Gasteiger partial charge in [-0.25, -0.2) is 8.42 Å². The second-order valence-corrected chi connectivity index (χ2v) is 6.78. The Labute approximate surface area is 172 Å². The summed E-state index contributed by atoms with van der Waals surface area (Å²) in [6.45, 7) is 11.8. The van der Waals surface area contributed by atoms with Gasteiger partial charge in [0.15, 0.2) is 0 Å². The van der Waals surface area contributed by atoms with Crippen LogP contribution in [0.4, 0.5) is 0 Å². The number of aliphatic hydroxyl groups excluding tert-OH is 1. The van der Waals surface area contributed by atoms with Crippen molar-refractivity contribution in [3.63, 3.8) is 0 Å². The fraction of sp³-hybridized carbons (Fsp3) is 0.455. The first-order valence-corrected chi connectivity index (χ1v) is 10.9. The van der Waals surface area contributed by atoms with Crippen molar-refractivity contribution in [3.8, 4) is 0 Å². The van der Waals surface area contributed by atoms with Crippen LogP contribution in [0.1, 0.15) is 41.5 Å². The summed E-state index contributed by atoms with van der Waals surface area (Å²) in [5.41, 5.74) is 0. The third-order valence-electron chi connectivity index (χ3n) is 2.71. The van der Waals surface area contributed by atoms with E-state index in [2.05, 4.69) is 4.74 Å². The van der Waals surface area contributed by atoms with Crippen molar-refractivity contribution in [2.75, 3.05) is 21.0 Å². The van der Waals surface area contributed by atoms with Crippen molar-refractivity contribution in [1.29, 1.82) is 0 Å². The standard InChI is InChI=1S/C12H10O2S.C4H10O.C2H6O2.2C2H6/c13-15(14,11-7-3-1-4-8-11)12-9-5-2-6-10-12;1-4(2)5-3;1-4-2-3;2*1-2/h1-10H;4H,1-3H3;3H,2H2,1H3;2*1-2H3. The number of methoxy groups -OCH3 is 2. The van der Waals surface area contributed by atoms with E-state index in [0.717, 1.165) is 0 Å². The van der Waals surface area contributed by atoms with Crippen LogP contribution in [0.5, 0.6) is 0 Å². The average Bonchev–Trinajstić information content (AvgIpc) is 2.78. The SMILES string of the molecule is CC.CC.COC(C)C.COCO.O=S(=O)(c1ccccc1)c1ccccc1. The van der Waals surface area contributed by atoms with Crippen molar-refractivity contribution < 1.29 is 23.0 Å². The molecule has 28 heavy (non-hydrogen) atoms. The van der Waals surface area contributed by atoms with Crippen molar-refractivity contribution in [3.05, 3.63) is 60.7 Å². The lowest BCUT2D eigenvalue weighted by atomic mass is 10.4. The highest BCUT2D eigenvalue weighted by Gasteiger charge is 2.15. The maximum absolute atomic E-state index is 12.0. The van der Waals surface area contributed by atoms with Crippen LogP contribution < -0.4 is 0 Å². The normalized spacial score (nSPS) is 9.21. The molecule has 0 amide bonds. The molecule has 2 aromatic rings. The molecule has 2 rings (SSSR count). The number of aliphatic hydroxyl groups is 1. The fourth-order valence-electron chi connectivity index (χ4n) is 1.34. The number of rotatable bonds is 4. The maximum atomic E-state index is 12.0. The van der Waals surface area contributed by atoms with Gasteiger partial charge in [-0.15, -0.1) is 0 Å². The Balaban J connectivity index is -0.000000402. The van der Waals surface area contributed by atoms with Gasteiger partial charge in [0.2, 0.25) is 9.84 Å². The molecular weight excluding hydrogens is 376 g/mol. The predicted molar refractivity (Wildman–Crippen MR) is 117 cm³/mol. The van der Waals surface area contributed by atoms with E-state index in [4.69, 9.17) is 9.84 Å². The summed E-state index contributed by atoms with van der Waals surface area (Å²) in [5, 5.41) is 7.65. The largest absolute Gasteiger partial charge is 0.382 e. The van der Waals surface area contributed by atoms with Crippen LogP contribution in [0.15, 0.2) is 70.5 Å². The summed E-state index contributed by atoms with van der Waals surface area (Å²) >= 11 is 0. The summed E-state index contributed by atoms with van der Waals surface area (Å²) in [5.74, 6) is 0. The smallest absolute Gasteiger partial charge is 0.206 e. The first-order valence-electron chi connectivity index (χ1n) is 9.37. The number of hydrogen-bond donors (Lipinski definition) is 1. The fourth-order valence-corrected chi connectivity index (χ4v) is 2.64. The van der Waals surface area contributed by atoms with Gasteiger partial charge in [0.1, 0.15) is 6.79 Å². The van der Waals surface area contributed by atoms with E-state index in [9.17, 15) is 8.42 Å². The van der Waals surface area contributed by atoms with E-state index < -0.39 is 9.84 Å². The third-order valence-corrected chi connectivity index (χ3v) is 4.49. The molecule has 6 heteroatoms. The second kappa shape index (κ2) is 21.6. The molecule has 0 aliphatic carbocycles. The van der Waals surface area contributed by atoms with Crippen LogP contribution in [0.25, 0.3) is 0 Å². The van der Waals surface area contributed by atoms with Crippen molar-refractivity contribution in [2.24, 2.45) is 0 Å². The van der Waals surface area contributed by atoms with Crippen molar-refractivity contribution in [1.82, 2.24) is 0 Å². The molecule has 1 N–H and O–H groups in total. The van der Waals surface area contributed by atoms with Crippen LogP contribution in [0.3, 0.4) is 0 Å². The summed E-state index contributed by atoms with van der Waals surface area (Å²) in [6.07, 6.45) is 0.384. The van der Waals surface area contributed by atoms with Crippen molar-refractivity contribution in [2.45, 2.75) is 57.4 Å². The van der Waals surface area contributed by atoms with Gasteiger partial charge in [0.05, 0.1) is 15.9 Å². The monoisotopic (exact) mass is 414 g/mol. The molecule has 0 bridgehead atoms. The Kier molecular flexibility index (Phi) is 23.9. The molecule has 0 aliphatic heterocycles. The molecule has 0 unspecified atom stereocenters. The first kappa shape index (κ1) is 31.0. The lowest BCUT2D eigenvalue weighted by molar-refractivity contribution is 0.0325. The molecule has 0 saturated carbocycles. The van der Waals surface area contributed by atoms with Crippen LogP contribution in [0.2, 0.25) is 0 Å². The number of ether oxygens (including phenoxy) is 2. The Morgan fingerprint density at radius 2 is 1.04 bits per heavy atom. The molecule has 0 aromatic heterocycles. The molecule has 0 saturated heterocycles. The molecule has 0 heterocycles. The van der Waals surface area contributed by atoms with Gasteiger partial charge in [0, 0.05) is 14.2 Å². The molecule has 0 radical (unpaired) electrons. The zero-order chi connectivity index (χ0) is 22.4. The highest BCUT2D eigenvalue weighted by Crippen LogP contribution is 2.19. The van der Waals surface area contributed by atoms with Gasteiger partial charge in [-0.1, -0.05) is 64.1 Å².